The van der Waals surface area contributed by atoms with E-state index in [1.807, 2.05) is 0 Å². The maximum atomic E-state index is 2.50. The number of benzene rings is 8. The van der Waals surface area contributed by atoms with E-state index in [0.29, 0.717) is 0 Å². The summed E-state index contributed by atoms with van der Waals surface area (Å²) in [7, 11) is -2.51. The van der Waals surface area contributed by atoms with Gasteiger partial charge in [-0.1, -0.05) is 200 Å². The normalized spacial score (nSPS) is 11.4. The molecule has 1 nitrogen and oxygen atoms in total. The Kier molecular flexibility index (Phi) is 9.55. The first-order valence-electron chi connectivity index (χ1n) is 17.8. The molecule has 0 aliphatic heterocycles. The summed E-state index contributed by atoms with van der Waals surface area (Å²) in [5.74, 6) is 0. The van der Waals surface area contributed by atoms with Crippen LogP contribution >= 0.6 is 0 Å². The predicted octanol–water partition coefficient (Wildman–Crippen LogP) is 11.2. The van der Waals surface area contributed by atoms with E-state index in [9.17, 15) is 0 Å². The fourth-order valence-corrected chi connectivity index (χ4v) is 11.3. The van der Waals surface area contributed by atoms with Crippen LogP contribution in [0.5, 0.6) is 0 Å². The van der Waals surface area contributed by atoms with Gasteiger partial charge < -0.3 is 4.90 Å². The molecule has 0 bridgehead atoms. The van der Waals surface area contributed by atoms with Crippen molar-refractivity contribution in [2.24, 2.45) is 0 Å². The highest BCUT2D eigenvalue weighted by Crippen LogP contribution is 2.37. The maximum absolute atomic E-state index is 2.51. The molecule has 0 heterocycles. The first-order chi connectivity index (χ1) is 25.8. The van der Waals surface area contributed by atoms with Crippen LogP contribution in [-0.2, 0) is 0 Å². The van der Waals surface area contributed by atoms with E-state index < -0.39 is 8.07 Å². The van der Waals surface area contributed by atoms with E-state index in [1.54, 1.807) is 0 Å². The van der Waals surface area contributed by atoms with Crippen molar-refractivity contribution in [3.63, 3.8) is 0 Å². The second kappa shape index (κ2) is 15.2. The molecule has 0 unspecified atom stereocenters. The largest absolute Gasteiger partial charge is 0.311 e. The van der Waals surface area contributed by atoms with E-state index in [4.69, 9.17) is 0 Å². The van der Waals surface area contributed by atoms with Gasteiger partial charge in [-0.05, 0) is 79.8 Å². The zero-order chi connectivity index (χ0) is 35.0. The van der Waals surface area contributed by atoms with Gasteiger partial charge in [-0.15, -0.1) is 0 Å². The third-order valence-electron chi connectivity index (χ3n) is 9.83. The van der Waals surface area contributed by atoms with Crippen LogP contribution in [0.25, 0.3) is 28.3 Å². The van der Waals surface area contributed by atoms with E-state index in [2.05, 4.69) is 241 Å². The third kappa shape index (κ3) is 6.80. The standard InChI is InChI=1S/C50H39NSi/c1-6-16-41(17-7-1)43-28-34-46(35-29-43)51(47-36-30-44(31-37-47)42-18-8-2-9-19-42)45-32-26-40(27-33-45)38-39-52(48-20-10-3-11-21-48,49-22-12-4-13-23-49)50-24-14-5-15-25-50/h1-39H. The molecule has 2 heteroatoms. The lowest BCUT2D eigenvalue weighted by molar-refractivity contribution is 1.28. The number of hydrogen-bond donors (Lipinski definition) is 0. The summed E-state index contributed by atoms with van der Waals surface area (Å²) >= 11 is 0. The van der Waals surface area contributed by atoms with Crippen LogP contribution in [-0.4, -0.2) is 8.07 Å². The van der Waals surface area contributed by atoms with E-state index in [-0.39, 0.29) is 0 Å². The van der Waals surface area contributed by atoms with E-state index in [1.165, 1.54) is 43.4 Å². The summed E-state index contributed by atoms with van der Waals surface area (Å²) < 4.78 is 0. The van der Waals surface area contributed by atoms with Crippen LogP contribution in [0, 0.1) is 0 Å². The molecular formula is C50H39NSi. The minimum atomic E-state index is -2.51. The highest BCUT2D eigenvalue weighted by molar-refractivity contribution is 7.15. The van der Waals surface area contributed by atoms with Crippen molar-refractivity contribution in [1.29, 1.82) is 0 Å². The third-order valence-corrected chi connectivity index (χ3v) is 14.2. The van der Waals surface area contributed by atoms with Gasteiger partial charge >= 0.3 is 0 Å². The Balaban J connectivity index is 1.18. The molecule has 0 spiro atoms. The summed E-state index contributed by atoms with van der Waals surface area (Å²) in [6.07, 6.45) is 2.33. The Labute approximate surface area is 308 Å². The quantitative estimate of drug-likeness (QED) is 0.103. The topological polar surface area (TPSA) is 3.24 Å². The summed E-state index contributed by atoms with van der Waals surface area (Å²) in [6, 6.07) is 80.9. The molecule has 0 aromatic heterocycles. The highest BCUT2D eigenvalue weighted by atomic mass is 28.3. The molecule has 8 aromatic rings. The lowest BCUT2D eigenvalue weighted by atomic mass is 10.0. The number of nitrogens with zero attached hydrogens (tertiary/aromatic N) is 1. The first kappa shape index (κ1) is 32.7. The molecule has 8 aromatic carbocycles. The fourth-order valence-electron chi connectivity index (χ4n) is 7.16. The van der Waals surface area contributed by atoms with Crippen LogP contribution < -0.4 is 20.5 Å². The molecule has 0 radical (unpaired) electrons. The Hall–Kier alpha value is -6.48. The van der Waals surface area contributed by atoms with E-state index >= 15 is 0 Å². The lowest BCUT2D eigenvalue weighted by Gasteiger charge is -2.30. The fraction of sp³-hybridized carbons (Fsp3) is 0. The second-order valence-electron chi connectivity index (χ2n) is 13.0. The number of rotatable bonds is 10. The van der Waals surface area contributed by atoms with Crippen molar-refractivity contribution >= 4 is 46.8 Å². The molecule has 52 heavy (non-hydrogen) atoms. The molecule has 0 amide bonds. The highest BCUT2D eigenvalue weighted by Gasteiger charge is 2.36. The molecule has 0 fully saturated rings. The van der Waals surface area contributed by atoms with Gasteiger partial charge in [0, 0.05) is 17.1 Å². The average Bonchev–Trinajstić information content (AvgIpc) is 3.24. The minimum absolute atomic E-state index is 1.11. The number of anilines is 3. The van der Waals surface area contributed by atoms with Crippen molar-refractivity contribution in [3.8, 4) is 22.3 Å². The zero-order valence-corrected chi connectivity index (χ0v) is 30.0. The van der Waals surface area contributed by atoms with Crippen LogP contribution in [0.15, 0.2) is 230 Å². The molecule has 248 valence electrons. The van der Waals surface area contributed by atoms with Gasteiger partial charge in [-0.2, -0.15) is 0 Å². The van der Waals surface area contributed by atoms with Crippen molar-refractivity contribution in [2.75, 3.05) is 4.90 Å². The summed E-state index contributed by atoms with van der Waals surface area (Å²) in [6.45, 7) is 0. The van der Waals surface area contributed by atoms with Crippen LogP contribution in [0.2, 0.25) is 0 Å². The zero-order valence-electron chi connectivity index (χ0n) is 29.0. The van der Waals surface area contributed by atoms with Gasteiger partial charge in [0.15, 0.2) is 8.07 Å². The minimum Gasteiger partial charge on any atom is -0.311 e. The Morgan fingerprint density at radius 3 is 0.923 bits per heavy atom. The van der Waals surface area contributed by atoms with Gasteiger partial charge in [0.1, 0.15) is 0 Å². The first-order valence-corrected chi connectivity index (χ1v) is 19.9. The lowest BCUT2D eigenvalue weighted by Crippen LogP contribution is -2.66. The Bertz CT molecular complexity index is 2160. The van der Waals surface area contributed by atoms with Crippen molar-refractivity contribution in [2.45, 2.75) is 0 Å². The predicted molar refractivity (Wildman–Crippen MR) is 225 cm³/mol. The summed E-state index contributed by atoms with van der Waals surface area (Å²) in [4.78, 5) is 2.34. The molecule has 0 saturated heterocycles. The van der Waals surface area contributed by atoms with Crippen molar-refractivity contribution < 1.29 is 0 Å². The SMILES string of the molecule is C(=C[Si](c1ccccc1)(c1ccccc1)c1ccccc1)c1ccc(N(c2ccc(-c3ccccc3)cc2)c2ccc(-c3ccccc3)cc2)cc1. The van der Waals surface area contributed by atoms with Gasteiger partial charge in [0.05, 0.1) is 0 Å². The molecular weight excluding hydrogens is 643 g/mol. The second-order valence-corrected chi connectivity index (χ2v) is 16.7. The maximum Gasteiger partial charge on any atom is 0.172 e. The van der Waals surface area contributed by atoms with Crippen molar-refractivity contribution in [3.05, 3.63) is 236 Å². The molecule has 8 rings (SSSR count). The average molecular weight is 682 g/mol. The molecule has 0 aliphatic carbocycles. The van der Waals surface area contributed by atoms with Crippen LogP contribution in [0.1, 0.15) is 5.56 Å². The monoisotopic (exact) mass is 681 g/mol. The number of hydrogen-bond acceptors (Lipinski definition) is 1. The summed E-state index contributed by atoms with van der Waals surface area (Å²) in [5, 5.41) is 4.10. The summed E-state index contributed by atoms with van der Waals surface area (Å²) in [5.41, 5.74) is 11.8. The smallest absolute Gasteiger partial charge is 0.172 e. The Morgan fingerprint density at radius 2 is 0.577 bits per heavy atom. The van der Waals surface area contributed by atoms with Gasteiger partial charge in [-0.25, -0.2) is 0 Å². The molecule has 0 atom stereocenters. The van der Waals surface area contributed by atoms with Gasteiger partial charge in [0.2, 0.25) is 0 Å². The Morgan fingerprint density at radius 1 is 0.288 bits per heavy atom. The van der Waals surface area contributed by atoms with Crippen LogP contribution in [0.4, 0.5) is 17.1 Å². The molecule has 0 N–H and O–H groups in total. The van der Waals surface area contributed by atoms with Crippen LogP contribution in [0.3, 0.4) is 0 Å². The van der Waals surface area contributed by atoms with Crippen molar-refractivity contribution in [1.82, 2.24) is 0 Å². The molecule has 0 aliphatic rings. The molecule has 0 saturated carbocycles. The van der Waals surface area contributed by atoms with Gasteiger partial charge in [0.25, 0.3) is 0 Å². The van der Waals surface area contributed by atoms with E-state index in [0.717, 1.165) is 17.1 Å². The van der Waals surface area contributed by atoms with Gasteiger partial charge in [-0.3, -0.25) is 0 Å².